The predicted molar refractivity (Wildman–Crippen MR) is 113 cm³/mol. The number of likely N-dealkylation sites (tertiary alicyclic amines) is 1. The van der Waals surface area contributed by atoms with Gasteiger partial charge in [0.1, 0.15) is 5.69 Å². The van der Waals surface area contributed by atoms with Crippen molar-refractivity contribution in [2.24, 2.45) is 0 Å². The summed E-state index contributed by atoms with van der Waals surface area (Å²) < 4.78 is 22.3. The summed E-state index contributed by atoms with van der Waals surface area (Å²) in [6.45, 7) is 4.48. The first-order valence-corrected chi connectivity index (χ1v) is 10.2. The molecule has 9 nitrogen and oxygen atoms in total. The third kappa shape index (κ3) is 4.61. The molecule has 1 unspecified atom stereocenters. The monoisotopic (exact) mass is 425 g/mol. The Kier molecular flexibility index (Phi) is 6.31. The van der Waals surface area contributed by atoms with Crippen molar-refractivity contribution in [2.75, 3.05) is 34.4 Å². The zero-order valence-electron chi connectivity index (χ0n) is 18.3. The molecule has 3 heterocycles. The van der Waals surface area contributed by atoms with Crippen LogP contribution < -0.4 is 14.2 Å². The highest BCUT2D eigenvalue weighted by Crippen LogP contribution is 2.39. The van der Waals surface area contributed by atoms with Crippen LogP contribution in [-0.4, -0.2) is 59.5 Å². The van der Waals surface area contributed by atoms with Gasteiger partial charge in [-0.1, -0.05) is 0 Å². The van der Waals surface area contributed by atoms with E-state index in [9.17, 15) is 0 Å². The summed E-state index contributed by atoms with van der Waals surface area (Å²) in [5.74, 6) is 3.15. The minimum Gasteiger partial charge on any atom is -0.493 e. The molecule has 1 fully saturated rings. The lowest BCUT2D eigenvalue weighted by atomic mass is 9.97. The lowest BCUT2D eigenvalue weighted by molar-refractivity contribution is 0.186. The van der Waals surface area contributed by atoms with E-state index in [1.165, 1.54) is 0 Å². The Morgan fingerprint density at radius 2 is 1.81 bits per heavy atom. The van der Waals surface area contributed by atoms with Crippen molar-refractivity contribution < 1.29 is 18.6 Å². The Hall–Kier alpha value is -3.20. The van der Waals surface area contributed by atoms with Crippen molar-refractivity contribution in [3.63, 3.8) is 0 Å². The molecule has 0 bridgehead atoms. The fourth-order valence-corrected chi connectivity index (χ4v) is 3.89. The molecule has 1 aliphatic rings. The molecule has 1 aromatic carbocycles. The van der Waals surface area contributed by atoms with Gasteiger partial charge in [-0.2, -0.15) is 0 Å². The van der Waals surface area contributed by atoms with Gasteiger partial charge in [0.15, 0.2) is 11.5 Å². The van der Waals surface area contributed by atoms with Gasteiger partial charge in [-0.15, -0.1) is 10.2 Å². The van der Waals surface area contributed by atoms with Gasteiger partial charge >= 0.3 is 0 Å². The molecule has 0 saturated carbocycles. The van der Waals surface area contributed by atoms with E-state index in [0.717, 1.165) is 43.7 Å². The van der Waals surface area contributed by atoms with Crippen molar-refractivity contribution in [2.45, 2.75) is 32.2 Å². The van der Waals surface area contributed by atoms with Gasteiger partial charge in [-0.05, 0) is 44.0 Å². The minimum absolute atomic E-state index is 0.176. The van der Waals surface area contributed by atoms with Gasteiger partial charge in [0.25, 0.3) is 5.89 Å². The molecular formula is C22H27N5O4. The first-order valence-electron chi connectivity index (χ1n) is 10.2. The summed E-state index contributed by atoms with van der Waals surface area (Å²) in [5.41, 5.74) is 2.53. The molecule has 9 heteroatoms. The van der Waals surface area contributed by atoms with Gasteiger partial charge in [0.2, 0.25) is 11.6 Å². The van der Waals surface area contributed by atoms with Crippen LogP contribution in [0.2, 0.25) is 0 Å². The molecule has 0 N–H and O–H groups in total. The second-order valence-electron chi connectivity index (χ2n) is 7.60. The smallest absolute Gasteiger partial charge is 0.267 e. The SMILES string of the molecule is COc1cc(CN2CCCC(c3nnc(-c4cnc(C)cn4)o3)C2)cc(OC)c1OC. The van der Waals surface area contributed by atoms with Crippen molar-refractivity contribution in [3.8, 4) is 28.8 Å². The number of hydrogen-bond donors (Lipinski definition) is 0. The molecule has 1 aliphatic heterocycles. The van der Waals surface area contributed by atoms with Gasteiger partial charge in [0, 0.05) is 19.3 Å². The molecule has 4 rings (SSSR count). The van der Waals surface area contributed by atoms with E-state index >= 15 is 0 Å². The van der Waals surface area contributed by atoms with Crippen molar-refractivity contribution in [1.82, 2.24) is 25.1 Å². The topological polar surface area (TPSA) is 95.6 Å². The number of methoxy groups -OCH3 is 3. The Bertz CT molecular complexity index is 996. The van der Waals surface area contributed by atoms with Crippen molar-refractivity contribution in [3.05, 3.63) is 41.7 Å². The summed E-state index contributed by atoms with van der Waals surface area (Å²) in [7, 11) is 4.86. The Morgan fingerprint density at radius 3 is 2.45 bits per heavy atom. The molecule has 0 aliphatic carbocycles. The number of hydrogen-bond acceptors (Lipinski definition) is 9. The maximum Gasteiger partial charge on any atom is 0.267 e. The van der Waals surface area contributed by atoms with E-state index in [4.69, 9.17) is 18.6 Å². The summed E-state index contributed by atoms with van der Waals surface area (Å²) >= 11 is 0. The van der Waals surface area contributed by atoms with E-state index in [2.05, 4.69) is 25.1 Å². The van der Waals surface area contributed by atoms with Crippen LogP contribution in [0.5, 0.6) is 17.2 Å². The minimum atomic E-state index is 0.176. The average molecular weight is 425 g/mol. The third-order valence-electron chi connectivity index (χ3n) is 5.43. The first kappa shape index (κ1) is 21.0. The third-order valence-corrected chi connectivity index (χ3v) is 5.43. The number of piperidine rings is 1. The molecule has 2 aromatic heterocycles. The van der Waals surface area contributed by atoms with E-state index < -0.39 is 0 Å². The Balaban J connectivity index is 1.48. The Labute approximate surface area is 181 Å². The lowest BCUT2D eigenvalue weighted by Crippen LogP contribution is -2.34. The summed E-state index contributed by atoms with van der Waals surface area (Å²) in [6, 6.07) is 3.98. The van der Waals surface area contributed by atoms with E-state index in [0.29, 0.717) is 34.7 Å². The van der Waals surface area contributed by atoms with E-state index in [1.54, 1.807) is 33.7 Å². The van der Waals surface area contributed by atoms with Gasteiger partial charge in [0.05, 0.1) is 39.1 Å². The van der Waals surface area contributed by atoms with Gasteiger partial charge in [-0.25, -0.2) is 4.98 Å². The summed E-state index contributed by atoms with van der Waals surface area (Å²) in [6.07, 6.45) is 5.41. The van der Waals surface area contributed by atoms with Crippen molar-refractivity contribution >= 4 is 0 Å². The number of aryl methyl sites for hydroxylation is 1. The second kappa shape index (κ2) is 9.30. The van der Waals surface area contributed by atoms with Crippen LogP contribution in [-0.2, 0) is 6.54 Å². The molecule has 1 atom stereocenters. The zero-order valence-corrected chi connectivity index (χ0v) is 18.3. The first-order chi connectivity index (χ1) is 15.1. The fraction of sp³-hybridized carbons (Fsp3) is 0.455. The number of benzene rings is 1. The highest BCUT2D eigenvalue weighted by Gasteiger charge is 2.27. The van der Waals surface area contributed by atoms with Gasteiger partial charge in [-0.3, -0.25) is 9.88 Å². The molecule has 3 aromatic rings. The quantitative estimate of drug-likeness (QED) is 0.565. The largest absolute Gasteiger partial charge is 0.493 e. The standard InChI is InChI=1S/C22H27N5O4/c1-14-10-24-17(11-23-14)22-26-25-21(31-22)16-6-5-7-27(13-16)12-15-8-18(28-2)20(30-4)19(9-15)29-3/h8-11,16H,5-7,12-13H2,1-4H3. The molecule has 0 spiro atoms. The normalized spacial score (nSPS) is 16.8. The maximum absolute atomic E-state index is 5.94. The fourth-order valence-electron chi connectivity index (χ4n) is 3.89. The number of ether oxygens (including phenoxy) is 3. The predicted octanol–water partition coefficient (Wildman–Crippen LogP) is 3.24. The second-order valence-corrected chi connectivity index (χ2v) is 7.60. The molecular weight excluding hydrogens is 398 g/mol. The van der Waals surface area contributed by atoms with Crippen LogP contribution in [0.1, 0.15) is 35.9 Å². The highest BCUT2D eigenvalue weighted by molar-refractivity contribution is 5.53. The summed E-state index contributed by atoms with van der Waals surface area (Å²) in [4.78, 5) is 10.9. The maximum atomic E-state index is 5.94. The average Bonchev–Trinajstić information content (AvgIpc) is 3.29. The number of nitrogens with zero attached hydrogens (tertiary/aromatic N) is 5. The zero-order chi connectivity index (χ0) is 21.8. The van der Waals surface area contributed by atoms with Crippen LogP contribution in [0.3, 0.4) is 0 Å². The molecule has 31 heavy (non-hydrogen) atoms. The number of aromatic nitrogens is 4. The van der Waals surface area contributed by atoms with Gasteiger partial charge < -0.3 is 18.6 Å². The van der Waals surface area contributed by atoms with Crippen LogP contribution in [0.25, 0.3) is 11.6 Å². The van der Waals surface area contributed by atoms with E-state index in [1.807, 2.05) is 19.1 Å². The van der Waals surface area contributed by atoms with Crippen molar-refractivity contribution in [1.29, 1.82) is 0 Å². The molecule has 0 radical (unpaired) electrons. The molecule has 0 amide bonds. The van der Waals surface area contributed by atoms with Crippen LogP contribution in [0, 0.1) is 6.92 Å². The summed E-state index contributed by atoms with van der Waals surface area (Å²) in [5, 5.41) is 8.47. The van der Waals surface area contributed by atoms with E-state index in [-0.39, 0.29) is 5.92 Å². The van der Waals surface area contributed by atoms with Crippen LogP contribution >= 0.6 is 0 Å². The molecule has 1 saturated heterocycles. The number of rotatable bonds is 7. The van der Waals surface area contributed by atoms with Crippen LogP contribution in [0.15, 0.2) is 28.9 Å². The Morgan fingerprint density at radius 1 is 1.03 bits per heavy atom. The molecule has 164 valence electrons. The highest BCUT2D eigenvalue weighted by atomic mass is 16.5. The lowest BCUT2D eigenvalue weighted by Gasteiger charge is -2.31. The van der Waals surface area contributed by atoms with Crippen LogP contribution in [0.4, 0.5) is 0 Å².